The molecule has 2 rings (SSSR count). The minimum absolute atomic E-state index is 0.0393. The first-order valence-corrected chi connectivity index (χ1v) is 7.95. The van der Waals surface area contributed by atoms with Gasteiger partial charge in [-0.3, -0.25) is 0 Å². The lowest BCUT2D eigenvalue weighted by Gasteiger charge is -2.12. The summed E-state index contributed by atoms with van der Waals surface area (Å²) in [5.74, 6) is 0.672. The number of benzene rings is 1. The van der Waals surface area contributed by atoms with Crippen molar-refractivity contribution in [3.05, 3.63) is 51.7 Å². The highest BCUT2D eigenvalue weighted by molar-refractivity contribution is 7.10. The molecule has 3 N–H and O–H groups in total. The van der Waals surface area contributed by atoms with Crippen molar-refractivity contribution in [3.8, 4) is 5.75 Å². The molecule has 22 heavy (non-hydrogen) atoms. The number of thiophene rings is 1. The molecule has 2 aromatic rings. The number of amides is 2. The fourth-order valence-electron chi connectivity index (χ4n) is 1.93. The van der Waals surface area contributed by atoms with Crippen molar-refractivity contribution < 1.29 is 14.6 Å². The molecule has 5 nitrogen and oxygen atoms in total. The van der Waals surface area contributed by atoms with E-state index in [0.717, 1.165) is 10.4 Å². The van der Waals surface area contributed by atoms with Crippen molar-refractivity contribution in [1.82, 2.24) is 10.6 Å². The third kappa shape index (κ3) is 4.75. The average Bonchev–Trinajstić information content (AvgIpc) is 2.95. The zero-order chi connectivity index (χ0) is 15.8. The molecule has 0 aliphatic carbocycles. The number of carbonyl (C=O) groups is 1. The van der Waals surface area contributed by atoms with Crippen molar-refractivity contribution in [2.24, 2.45) is 0 Å². The van der Waals surface area contributed by atoms with E-state index in [4.69, 9.17) is 9.84 Å². The Balaban J connectivity index is 1.82. The molecule has 0 aliphatic rings. The summed E-state index contributed by atoms with van der Waals surface area (Å²) in [6.45, 7) is 3.12. The van der Waals surface area contributed by atoms with Gasteiger partial charge in [0.2, 0.25) is 0 Å². The van der Waals surface area contributed by atoms with Gasteiger partial charge in [-0.25, -0.2) is 4.79 Å². The topological polar surface area (TPSA) is 70.6 Å². The Bertz CT molecular complexity index is 613. The van der Waals surface area contributed by atoms with Crippen molar-refractivity contribution in [1.29, 1.82) is 0 Å². The lowest BCUT2D eigenvalue weighted by atomic mass is 10.2. The smallest absolute Gasteiger partial charge is 0.315 e. The van der Waals surface area contributed by atoms with Crippen LogP contribution in [0.15, 0.2) is 35.7 Å². The third-order valence-electron chi connectivity index (χ3n) is 3.14. The van der Waals surface area contributed by atoms with E-state index >= 15 is 0 Å². The molecule has 0 fully saturated rings. The van der Waals surface area contributed by atoms with Gasteiger partial charge in [-0.05, 0) is 30.0 Å². The van der Waals surface area contributed by atoms with Gasteiger partial charge in [0.25, 0.3) is 0 Å². The Hall–Kier alpha value is -2.05. The molecule has 0 aliphatic heterocycles. The monoisotopic (exact) mass is 320 g/mol. The van der Waals surface area contributed by atoms with Crippen molar-refractivity contribution in [2.75, 3.05) is 13.2 Å². The van der Waals surface area contributed by atoms with E-state index in [1.807, 2.05) is 42.6 Å². The maximum absolute atomic E-state index is 11.8. The van der Waals surface area contributed by atoms with E-state index in [9.17, 15) is 4.79 Å². The Morgan fingerprint density at radius 3 is 2.73 bits per heavy atom. The van der Waals surface area contributed by atoms with E-state index in [1.54, 1.807) is 11.3 Å². The van der Waals surface area contributed by atoms with Gasteiger partial charge in [0, 0.05) is 17.0 Å². The Morgan fingerprint density at radius 2 is 2.00 bits per heavy atom. The summed E-state index contributed by atoms with van der Waals surface area (Å²) in [5, 5.41) is 16.5. The number of aliphatic hydroxyl groups excluding tert-OH is 1. The summed E-state index contributed by atoms with van der Waals surface area (Å²) in [6.07, 6.45) is 0. The van der Waals surface area contributed by atoms with Crippen LogP contribution in [0.3, 0.4) is 0 Å². The van der Waals surface area contributed by atoms with E-state index in [2.05, 4.69) is 10.6 Å². The molecule has 0 atom stereocenters. The second-order valence-electron chi connectivity index (χ2n) is 4.74. The molecule has 0 spiro atoms. The first-order valence-electron chi connectivity index (χ1n) is 7.07. The second-order valence-corrected chi connectivity index (χ2v) is 5.74. The summed E-state index contributed by atoms with van der Waals surface area (Å²) < 4.78 is 5.43. The Labute approximate surface area is 133 Å². The number of aliphatic hydroxyl groups is 1. The number of ether oxygens (including phenoxy) is 1. The van der Waals surface area contributed by atoms with E-state index in [-0.39, 0.29) is 19.2 Å². The number of aryl methyl sites for hydroxylation is 1. The number of rotatable bonds is 7. The fourth-order valence-corrected chi connectivity index (χ4v) is 2.78. The van der Waals surface area contributed by atoms with E-state index < -0.39 is 0 Å². The molecule has 0 saturated carbocycles. The zero-order valence-electron chi connectivity index (χ0n) is 12.5. The van der Waals surface area contributed by atoms with Crippen LogP contribution in [-0.4, -0.2) is 24.4 Å². The fraction of sp³-hybridized carbons (Fsp3) is 0.312. The van der Waals surface area contributed by atoms with E-state index in [1.165, 1.54) is 5.56 Å². The molecule has 0 bridgehead atoms. The van der Waals surface area contributed by atoms with Crippen LogP contribution in [0.1, 0.15) is 16.0 Å². The van der Waals surface area contributed by atoms with Crippen LogP contribution in [-0.2, 0) is 13.1 Å². The van der Waals surface area contributed by atoms with Gasteiger partial charge in [-0.1, -0.05) is 18.2 Å². The summed E-state index contributed by atoms with van der Waals surface area (Å²) >= 11 is 1.63. The SMILES string of the molecule is Cc1ccsc1CNC(=O)NCc1ccccc1OCCO. The molecule has 1 aromatic carbocycles. The van der Waals surface area contributed by atoms with Crippen LogP contribution >= 0.6 is 11.3 Å². The molecule has 0 saturated heterocycles. The minimum Gasteiger partial charge on any atom is -0.491 e. The van der Waals surface area contributed by atoms with Gasteiger partial charge in [0.05, 0.1) is 13.2 Å². The number of urea groups is 1. The number of carbonyl (C=O) groups excluding carboxylic acids is 1. The highest BCUT2D eigenvalue weighted by atomic mass is 32.1. The predicted molar refractivity (Wildman–Crippen MR) is 87.2 cm³/mol. The summed E-state index contributed by atoms with van der Waals surface area (Å²) in [4.78, 5) is 13.0. The molecular weight excluding hydrogens is 300 g/mol. The summed E-state index contributed by atoms with van der Waals surface area (Å²) in [6, 6.07) is 9.26. The van der Waals surface area contributed by atoms with Gasteiger partial charge in [-0.15, -0.1) is 11.3 Å². The normalized spacial score (nSPS) is 10.3. The number of para-hydroxylation sites is 1. The maximum atomic E-state index is 11.8. The van der Waals surface area contributed by atoms with Crippen molar-refractivity contribution in [2.45, 2.75) is 20.0 Å². The molecular formula is C16H20N2O3S. The lowest BCUT2D eigenvalue weighted by molar-refractivity contribution is 0.200. The molecule has 0 unspecified atom stereocenters. The van der Waals surface area contributed by atoms with E-state index in [0.29, 0.717) is 18.8 Å². The first-order chi connectivity index (χ1) is 10.7. The predicted octanol–water partition coefficient (Wildman–Crippen LogP) is 2.43. The van der Waals surface area contributed by atoms with Crippen molar-refractivity contribution in [3.63, 3.8) is 0 Å². The van der Waals surface area contributed by atoms with Crippen LogP contribution in [0, 0.1) is 6.92 Å². The maximum Gasteiger partial charge on any atom is 0.315 e. The van der Waals surface area contributed by atoms with Gasteiger partial charge in [0.1, 0.15) is 12.4 Å². The molecule has 1 heterocycles. The standard InChI is InChI=1S/C16H20N2O3S/c1-12-6-9-22-15(12)11-18-16(20)17-10-13-4-2-3-5-14(13)21-8-7-19/h2-6,9,19H,7-8,10-11H2,1H3,(H2,17,18,20). The number of hydrogen-bond donors (Lipinski definition) is 3. The van der Waals surface area contributed by atoms with Crippen LogP contribution < -0.4 is 15.4 Å². The van der Waals surface area contributed by atoms with Crippen LogP contribution in [0.25, 0.3) is 0 Å². The first kappa shape index (κ1) is 16.3. The highest BCUT2D eigenvalue weighted by Crippen LogP contribution is 2.17. The second kappa shape index (κ2) is 8.41. The summed E-state index contributed by atoms with van der Waals surface area (Å²) in [7, 11) is 0. The molecule has 2 amide bonds. The van der Waals surface area contributed by atoms with Gasteiger partial charge >= 0.3 is 6.03 Å². The van der Waals surface area contributed by atoms with Gasteiger partial charge in [-0.2, -0.15) is 0 Å². The highest BCUT2D eigenvalue weighted by Gasteiger charge is 2.06. The van der Waals surface area contributed by atoms with Crippen LogP contribution in [0.5, 0.6) is 5.75 Å². The number of nitrogens with one attached hydrogen (secondary N) is 2. The molecule has 1 aromatic heterocycles. The van der Waals surface area contributed by atoms with Crippen molar-refractivity contribution >= 4 is 17.4 Å². The van der Waals surface area contributed by atoms with Crippen LogP contribution in [0.4, 0.5) is 4.79 Å². The number of hydrogen-bond acceptors (Lipinski definition) is 4. The Morgan fingerprint density at radius 1 is 1.23 bits per heavy atom. The zero-order valence-corrected chi connectivity index (χ0v) is 13.3. The Kier molecular flexibility index (Phi) is 6.24. The van der Waals surface area contributed by atoms with Crippen LogP contribution in [0.2, 0.25) is 0 Å². The quantitative estimate of drug-likeness (QED) is 0.734. The van der Waals surface area contributed by atoms with Gasteiger partial charge < -0.3 is 20.5 Å². The largest absolute Gasteiger partial charge is 0.491 e. The molecule has 0 radical (unpaired) electrons. The lowest BCUT2D eigenvalue weighted by Crippen LogP contribution is -2.34. The average molecular weight is 320 g/mol. The third-order valence-corrected chi connectivity index (χ3v) is 4.16. The summed E-state index contributed by atoms with van der Waals surface area (Å²) in [5.41, 5.74) is 2.06. The molecule has 118 valence electrons. The molecule has 6 heteroatoms. The van der Waals surface area contributed by atoms with Gasteiger partial charge in [0.15, 0.2) is 0 Å². The minimum atomic E-state index is -0.218.